The van der Waals surface area contributed by atoms with E-state index in [1.165, 1.54) is 44.5 Å². The fourth-order valence-electron chi connectivity index (χ4n) is 10.4. The molecule has 2 aromatic heterocycles. The number of nitrogens with zero attached hydrogens (tertiary/aromatic N) is 3. The lowest BCUT2D eigenvalue weighted by Gasteiger charge is -2.34. The van der Waals surface area contributed by atoms with Crippen LogP contribution >= 0.6 is 0 Å². The Labute approximate surface area is 382 Å². The van der Waals surface area contributed by atoms with Crippen LogP contribution in [0, 0.1) is 0 Å². The van der Waals surface area contributed by atoms with E-state index in [9.17, 15) is 0 Å². The predicted octanol–water partition coefficient (Wildman–Crippen LogP) is 15.6. The summed E-state index contributed by atoms with van der Waals surface area (Å²) in [6.45, 7) is 0. The van der Waals surface area contributed by atoms with Gasteiger partial charge in [0, 0.05) is 27.5 Å². The first kappa shape index (κ1) is 37.8. The van der Waals surface area contributed by atoms with E-state index in [0.717, 1.165) is 60.5 Å². The minimum absolute atomic E-state index is 0.565. The summed E-state index contributed by atoms with van der Waals surface area (Å²) in [6.07, 6.45) is 0. The summed E-state index contributed by atoms with van der Waals surface area (Å²) in [5.41, 5.74) is 15.5. The topological polar surface area (TPSA) is 51.8 Å². The number of hydrogen-bond donors (Lipinski definition) is 0. The van der Waals surface area contributed by atoms with E-state index in [0.29, 0.717) is 17.5 Å². The number of rotatable bonds is 7. The summed E-state index contributed by atoms with van der Waals surface area (Å²) in [7, 11) is 0. The SMILES string of the molecule is c1ccc(-c2ccc3cc(-c4nc(-c5ccc6c(c5)C(c5ccccc5)(c5ccccc5)c5ccccc5-6)nc(-c5cc(-c6ccccc6)c6c(c5)oc5ccccc56)n4)ccc3c2)cc1. The Kier molecular flexibility index (Phi) is 8.72. The van der Waals surface area contributed by atoms with Gasteiger partial charge in [-0.05, 0) is 103 Å². The van der Waals surface area contributed by atoms with Crippen LogP contribution in [0.5, 0.6) is 0 Å². The van der Waals surface area contributed by atoms with Crippen molar-refractivity contribution in [2.45, 2.75) is 5.41 Å². The largest absolute Gasteiger partial charge is 0.456 e. The van der Waals surface area contributed by atoms with Crippen molar-refractivity contribution in [2.75, 3.05) is 0 Å². The molecule has 0 unspecified atom stereocenters. The average molecular weight is 842 g/mol. The lowest BCUT2D eigenvalue weighted by molar-refractivity contribution is 0.669. The van der Waals surface area contributed by atoms with E-state index in [1.807, 2.05) is 18.2 Å². The van der Waals surface area contributed by atoms with Crippen LogP contribution in [0.25, 0.3) is 100 Å². The molecule has 0 bridgehead atoms. The van der Waals surface area contributed by atoms with Gasteiger partial charge >= 0.3 is 0 Å². The first-order valence-corrected chi connectivity index (χ1v) is 22.4. The normalized spacial score (nSPS) is 12.7. The third-order valence-corrected chi connectivity index (χ3v) is 13.4. The van der Waals surface area contributed by atoms with E-state index in [4.69, 9.17) is 19.4 Å². The van der Waals surface area contributed by atoms with Gasteiger partial charge in [-0.2, -0.15) is 0 Å². The van der Waals surface area contributed by atoms with E-state index < -0.39 is 5.41 Å². The van der Waals surface area contributed by atoms with Gasteiger partial charge in [0.15, 0.2) is 17.5 Å². The Hall–Kier alpha value is -8.73. The maximum Gasteiger partial charge on any atom is 0.164 e. The Morgan fingerprint density at radius 2 is 0.818 bits per heavy atom. The molecule has 0 radical (unpaired) electrons. The smallest absolute Gasteiger partial charge is 0.164 e. The zero-order valence-corrected chi connectivity index (χ0v) is 35.8. The van der Waals surface area contributed by atoms with Gasteiger partial charge in [-0.3, -0.25) is 0 Å². The standard InChI is InChI=1S/C62H39N3O/c1-5-17-40(18-6-1)42-29-30-44-36-45(32-31-43(44)35-42)59-63-60(65-61(64-59)47-37-53(41-19-7-2-8-20-41)58-52-26-14-16-28-56(52)66-57(58)39-47)46-33-34-51-50-25-13-15-27-54(50)62(55(51)38-46,48-21-9-3-10-22-48)49-23-11-4-12-24-49/h1-39H. The van der Waals surface area contributed by atoms with Gasteiger partial charge in [-0.1, -0.05) is 200 Å². The molecule has 4 heteroatoms. The monoisotopic (exact) mass is 841 g/mol. The molecule has 2 heterocycles. The highest BCUT2D eigenvalue weighted by Gasteiger charge is 2.46. The predicted molar refractivity (Wildman–Crippen MR) is 269 cm³/mol. The minimum atomic E-state index is -0.572. The number of furan rings is 1. The number of para-hydroxylation sites is 1. The number of hydrogen-bond acceptors (Lipinski definition) is 4. The van der Waals surface area contributed by atoms with E-state index in [2.05, 4.69) is 218 Å². The summed E-state index contributed by atoms with van der Waals surface area (Å²) in [5.74, 6) is 1.75. The fraction of sp³-hybridized carbons (Fsp3) is 0.0161. The molecular formula is C62H39N3O. The lowest BCUT2D eigenvalue weighted by atomic mass is 9.67. The Balaban J connectivity index is 1.05. The van der Waals surface area contributed by atoms with Crippen LogP contribution in [0.3, 0.4) is 0 Å². The van der Waals surface area contributed by atoms with Gasteiger partial charge in [0.1, 0.15) is 11.2 Å². The molecule has 0 atom stereocenters. The van der Waals surface area contributed by atoms with Gasteiger partial charge in [0.2, 0.25) is 0 Å². The first-order chi connectivity index (χ1) is 32.7. The van der Waals surface area contributed by atoms with Crippen LogP contribution in [-0.2, 0) is 5.41 Å². The van der Waals surface area contributed by atoms with Crippen molar-refractivity contribution in [1.82, 2.24) is 15.0 Å². The Bertz CT molecular complexity index is 3770. The van der Waals surface area contributed by atoms with Crippen LogP contribution < -0.4 is 0 Å². The molecule has 0 spiro atoms. The maximum atomic E-state index is 6.61. The molecule has 0 fully saturated rings. The van der Waals surface area contributed by atoms with Gasteiger partial charge in [-0.15, -0.1) is 0 Å². The van der Waals surface area contributed by atoms with Crippen LogP contribution in [0.1, 0.15) is 22.3 Å². The second-order valence-electron chi connectivity index (χ2n) is 17.1. The molecule has 66 heavy (non-hydrogen) atoms. The molecule has 4 nitrogen and oxygen atoms in total. The zero-order valence-electron chi connectivity index (χ0n) is 35.8. The molecule has 1 aliphatic rings. The summed E-state index contributed by atoms with van der Waals surface area (Å²) in [4.78, 5) is 16.1. The molecule has 1 aliphatic carbocycles. The summed E-state index contributed by atoms with van der Waals surface area (Å²) in [6, 6.07) is 84.1. The van der Waals surface area contributed by atoms with Gasteiger partial charge in [0.05, 0.1) is 5.41 Å². The van der Waals surface area contributed by atoms with Gasteiger partial charge in [-0.25, -0.2) is 15.0 Å². The molecule has 0 N–H and O–H groups in total. The van der Waals surface area contributed by atoms with Gasteiger partial charge < -0.3 is 4.42 Å². The van der Waals surface area contributed by atoms with Crippen molar-refractivity contribution in [3.63, 3.8) is 0 Å². The van der Waals surface area contributed by atoms with E-state index in [1.54, 1.807) is 0 Å². The Morgan fingerprint density at radius 1 is 0.303 bits per heavy atom. The molecule has 0 saturated carbocycles. The fourth-order valence-corrected chi connectivity index (χ4v) is 10.4. The lowest BCUT2D eigenvalue weighted by Crippen LogP contribution is -2.28. The highest BCUT2D eigenvalue weighted by Crippen LogP contribution is 2.56. The maximum absolute atomic E-state index is 6.61. The first-order valence-electron chi connectivity index (χ1n) is 22.4. The molecule has 0 saturated heterocycles. The zero-order chi connectivity index (χ0) is 43.6. The highest BCUT2D eigenvalue weighted by atomic mass is 16.3. The van der Waals surface area contributed by atoms with Crippen LogP contribution in [0.4, 0.5) is 0 Å². The van der Waals surface area contributed by atoms with Crippen molar-refractivity contribution in [3.8, 4) is 67.5 Å². The van der Waals surface area contributed by atoms with E-state index in [-0.39, 0.29) is 0 Å². The molecule has 10 aromatic carbocycles. The van der Waals surface area contributed by atoms with Crippen molar-refractivity contribution in [2.24, 2.45) is 0 Å². The number of fused-ring (bicyclic) bond motifs is 7. The van der Waals surface area contributed by atoms with Crippen molar-refractivity contribution in [1.29, 1.82) is 0 Å². The third kappa shape index (κ3) is 6.03. The Morgan fingerprint density at radius 3 is 1.52 bits per heavy atom. The number of aromatic nitrogens is 3. The second kappa shape index (κ2) is 15.2. The highest BCUT2D eigenvalue weighted by molar-refractivity contribution is 6.13. The van der Waals surface area contributed by atoms with Crippen LogP contribution in [0.2, 0.25) is 0 Å². The van der Waals surface area contributed by atoms with Crippen molar-refractivity contribution >= 4 is 32.7 Å². The molecular weight excluding hydrogens is 803 g/mol. The van der Waals surface area contributed by atoms with Gasteiger partial charge in [0.25, 0.3) is 0 Å². The van der Waals surface area contributed by atoms with Crippen molar-refractivity contribution < 1.29 is 4.42 Å². The van der Waals surface area contributed by atoms with Crippen molar-refractivity contribution in [3.05, 3.63) is 259 Å². The third-order valence-electron chi connectivity index (χ3n) is 13.4. The van der Waals surface area contributed by atoms with Crippen LogP contribution in [-0.4, -0.2) is 15.0 Å². The van der Waals surface area contributed by atoms with E-state index >= 15 is 0 Å². The molecule has 0 amide bonds. The quantitative estimate of drug-likeness (QED) is 0.160. The second-order valence-corrected chi connectivity index (χ2v) is 17.1. The summed E-state index contributed by atoms with van der Waals surface area (Å²) < 4.78 is 6.61. The average Bonchev–Trinajstić information content (AvgIpc) is 3.92. The molecule has 308 valence electrons. The summed E-state index contributed by atoms with van der Waals surface area (Å²) >= 11 is 0. The minimum Gasteiger partial charge on any atom is -0.456 e. The molecule has 12 aromatic rings. The number of benzene rings is 10. The molecule has 0 aliphatic heterocycles. The summed E-state index contributed by atoms with van der Waals surface area (Å²) in [5, 5.41) is 4.39. The van der Waals surface area contributed by atoms with Crippen LogP contribution in [0.15, 0.2) is 241 Å². The molecule has 13 rings (SSSR count).